The first-order valence-electron chi connectivity index (χ1n) is 4.10. The smallest absolute Gasteiger partial charge is 0.324 e. The lowest BCUT2D eigenvalue weighted by Gasteiger charge is -2.15. The number of hydrogen-bond acceptors (Lipinski definition) is 3. The zero-order valence-electron chi connectivity index (χ0n) is 7.85. The van der Waals surface area contributed by atoms with E-state index in [1.54, 1.807) is 6.92 Å². The average molecular weight is 223 g/mol. The summed E-state index contributed by atoms with van der Waals surface area (Å²) in [5, 5.41) is 2.04. The Morgan fingerprint density at radius 2 is 1.87 bits per heavy atom. The van der Waals surface area contributed by atoms with Crippen molar-refractivity contribution in [3.8, 4) is 0 Å². The standard InChI is InChI=1S/C8H9F4N3/c1-5-2-13-7(14-3-5)15-4-8(11,12)6(9)10/h2-3,6H,4H2,1H3,(H,13,14,15). The third kappa shape index (κ3) is 3.34. The van der Waals surface area contributed by atoms with Crippen molar-refractivity contribution in [1.29, 1.82) is 0 Å². The van der Waals surface area contributed by atoms with Gasteiger partial charge in [0.15, 0.2) is 0 Å². The van der Waals surface area contributed by atoms with E-state index >= 15 is 0 Å². The van der Waals surface area contributed by atoms with Crippen molar-refractivity contribution in [2.75, 3.05) is 11.9 Å². The van der Waals surface area contributed by atoms with Gasteiger partial charge in [-0.2, -0.15) is 8.78 Å². The van der Waals surface area contributed by atoms with Gasteiger partial charge in [-0.3, -0.25) is 0 Å². The highest BCUT2D eigenvalue weighted by molar-refractivity contribution is 5.24. The molecule has 1 heterocycles. The molecule has 0 bridgehead atoms. The zero-order chi connectivity index (χ0) is 11.5. The van der Waals surface area contributed by atoms with Crippen molar-refractivity contribution >= 4 is 5.95 Å². The second-order valence-corrected chi connectivity index (χ2v) is 3.00. The molecular formula is C8H9F4N3. The first-order chi connectivity index (χ1) is 6.92. The van der Waals surface area contributed by atoms with Crippen LogP contribution in [0.3, 0.4) is 0 Å². The molecule has 0 aliphatic rings. The minimum atomic E-state index is -4.08. The maximum Gasteiger partial charge on any atom is 0.324 e. The number of nitrogens with one attached hydrogen (secondary N) is 1. The summed E-state index contributed by atoms with van der Waals surface area (Å²) in [6.07, 6.45) is -0.901. The van der Waals surface area contributed by atoms with Crippen LogP contribution < -0.4 is 5.32 Å². The molecule has 1 aromatic rings. The lowest BCUT2D eigenvalue weighted by atomic mass is 10.3. The fourth-order valence-corrected chi connectivity index (χ4v) is 0.758. The molecule has 84 valence electrons. The number of alkyl halides is 4. The Morgan fingerprint density at radius 3 is 2.33 bits per heavy atom. The summed E-state index contributed by atoms with van der Waals surface area (Å²) in [4.78, 5) is 7.28. The second kappa shape index (κ2) is 4.41. The number of rotatable bonds is 4. The summed E-state index contributed by atoms with van der Waals surface area (Å²) < 4.78 is 48.4. The largest absolute Gasteiger partial charge is 0.348 e. The lowest BCUT2D eigenvalue weighted by molar-refractivity contribution is -0.117. The van der Waals surface area contributed by atoms with Gasteiger partial charge in [-0.15, -0.1) is 0 Å². The molecule has 0 aliphatic carbocycles. The molecule has 0 unspecified atom stereocenters. The molecule has 3 nitrogen and oxygen atoms in total. The minimum Gasteiger partial charge on any atom is -0.348 e. The first-order valence-corrected chi connectivity index (χ1v) is 4.10. The molecule has 0 amide bonds. The summed E-state index contributed by atoms with van der Waals surface area (Å²) in [5.74, 6) is -4.17. The van der Waals surface area contributed by atoms with Crippen LogP contribution in [-0.2, 0) is 0 Å². The molecule has 0 saturated carbocycles. The van der Waals surface area contributed by atoms with Gasteiger partial charge in [0, 0.05) is 12.4 Å². The highest BCUT2D eigenvalue weighted by atomic mass is 19.3. The summed E-state index contributed by atoms with van der Waals surface area (Å²) in [7, 11) is 0. The maximum atomic E-state index is 12.4. The van der Waals surface area contributed by atoms with E-state index in [0.29, 0.717) is 0 Å². The van der Waals surface area contributed by atoms with E-state index in [1.165, 1.54) is 12.4 Å². The van der Waals surface area contributed by atoms with Crippen molar-refractivity contribution in [2.24, 2.45) is 0 Å². The van der Waals surface area contributed by atoms with E-state index in [2.05, 4.69) is 9.97 Å². The first kappa shape index (κ1) is 11.7. The predicted molar refractivity (Wildman–Crippen MR) is 46.2 cm³/mol. The SMILES string of the molecule is Cc1cnc(NCC(F)(F)C(F)F)nc1. The molecule has 15 heavy (non-hydrogen) atoms. The molecule has 0 aliphatic heterocycles. The van der Waals surface area contributed by atoms with E-state index in [1.807, 2.05) is 5.32 Å². The van der Waals surface area contributed by atoms with Gasteiger partial charge in [0.2, 0.25) is 5.95 Å². The molecule has 0 fully saturated rings. The highest BCUT2D eigenvalue weighted by Gasteiger charge is 2.40. The van der Waals surface area contributed by atoms with Crippen LogP contribution in [0.15, 0.2) is 12.4 Å². The maximum absolute atomic E-state index is 12.4. The van der Waals surface area contributed by atoms with Crippen molar-refractivity contribution in [3.05, 3.63) is 18.0 Å². The van der Waals surface area contributed by atoms with Crippen LogP contribution in [-0.4, -0.2) is 28.9 Å². The lowest BCUT2D eigenvalue weighted by Crippen LogP contribution is -2.35. The van der Waals surface area contributed by atoms with E-state index in [4.69, 9.17) is 0 Å². The minimum absolute atomic E-state index is 0.0964. The number of aryl methyl sites for hydroxylation is 1. The monoisotopic (exact) mass is 223 g/mol. The van der Waals surface area contributed by atoms with Crippen LogP contribution in [0.2, 0.25) is 0 Å². The molecule has 0 radical (unpaired) electrons. The molecule has 0 saturated heterocycles. The van der Waals surface area contributed by atoms with Gasteiger partial charge in [0.25, 0.3) is 0 Å². The van der Waals surface area contributed by atoms with Crippen LogP contribution in [0.5, 0.6) is 0 Å². The van der Waals surface area contributed by atoms with Crippen LogP contribution in [0.1, 0.15) is 5.56 Å². The van der Waals surface area contributed by atoms with E-state index < -0.39 is 18.9 Å². The third-order valence-electron chi connectivity index (χ3n) is 1.58. The summed E-state index contributed by atoms with van der Waals surface area (Å²) in [5.41, 5.74) is 0.751. The molecular weight excluding hydrogens is 214 g/mol. The van der Waals surface area contributed by atoms with Gasteiger partial charge < -0.3 is 5.32 Å². The van der Waals surface area contributed by atoms with Crippen molar-refractivity contribution in [1.82, 2.24) is 9.97 Å². The number of anilines is 1. The average Bonchev–Trinajstić information content (AvgIpc) is 2.17. The van der Waals surface area contributed by atoms with Gasteiger partial charge in [-0.1, -0.05) is 0 Å². The fourth-order valence-electron chi connectivity index (χ4n) is 0.758. The number of halogens is 4. The van der Waals surface area contributed by atoms with E-state index in [0.717, 1.165) is 5.56 Å². The van der Waals surface area contributed by atoms with Gasteiger partial charge in [-0.25, -0.2) is 18.7 Å². The number of hydrogen-bond donors (Lipinski definition) is 1. The summed E-state index contributed by atoms with van der Waals surface area (Å²) in [6.45, 7) is 0.533. The Bertz CT molecular complexity index is 312. The Balaban J connectivity index is 2.54. The van der Waals surface area contributed by atoms with Crippen molar-refractivity contribution in [3.63, 3.8) is 0 Å². The topological polar surface area (TPSA) is 37.8 Å². The molecule has 1 N–H and O–H groups in total. The Morgan fingerprint density at radius 1 is 1.33 bits per heavy atom. The van der Waals surface area contributed by atoms with Gasteiger partial charge in [-0.05, 0) is 12.5 Å². The third-order valence-corrected chi connectivity index (χ3v) is 1.58. The number of nitrogens with zero attached hydrogens (tertiary/aromatic N) is 2. The van der Waals surface area contributed by atoms with Gasteiger partial charge in [0.05, 0.1) is 6.54 Å². The van der Waals surface area contributed by atoms with Gasteiger partial charge >= 0.3 is 12.3 Å². The Hall–Kier alpha value is -1.40. The normalized spacial score (nSPS) is 11.9. The summed E-state index contributed by atoms with van der Waals surface area (Å²) >= 11 is 0. The quantitative estimate of drug-likeness (QED) is 0.794. The zero-order valence-corrected chi connectivity index (χ0v) is 7.85. The van der Waals surface area contributed by atoms with Gasteiger partial charge in [0.1, 0.15) is 0 Å². The van der Waals surface area contributed by atoms with Crippen molar-refractivity contribution in [2.45, 2.75) is 19.3 Å². The molecule has 0 atom stereocenters. The van der Waals surface area contributed by atoms with E-state index in [9.17, 15) is 17.6 Å². The van der Waals surface area contributed by atoms with Crippen LogP contribution >= 0.6 is 0 Å². The van der Waals surface area contributed by atoms with Crippen molar-refractivity contribution < 1.29 is 17.6 Å². The highest BCUT2D eigenvalue weighted by Crippen LogP contribution is 2.22. The summed E-state index contributed by atoms with van der Waals surface area (Å²) in [6, 6.07) is 0. The van der Waals surface area contributed by atoms with E-state index in [-0.39, 0.29) is 5.95 Å². The number of aromatic nitrogens is 2. The van der Waals surface area contributed by atoms with Crippen LogP contribution in [0.25, 0.3) is 0 Å². The fraction of sp³-hybridized carbons (Fsp3) is 0.500. The predicted octanol–water partition coefficient (Wildman–Crippen LogP) is 2.10. The Labute approximate surface area is 83.5 Å². The molecule has 0 spiro atoms. The molecule has 7 heteroatoms. The van der Waals surface area contributed by atoms with Crippen LogP contribution in [0, 0.1) is 6.92 Å². The second-order valence-electron chi connectivity index (χ2n) is 3.00. The molecule has 1 aromatic heterocycles. The Kier molecular flexibility index (Phi) is 3.43. The molecule has 1 rings (SSSR count). The molecule has 0 aromatic carbocycles. The van der Waals surface area contributed by atoms with Crippen LogP contribution in [0.4, 0.5) is 23.5 Å².